The van der Waals surface area contributed by atoms with Crippen LogP contribution in [0.1, 0.15) is 37.0 Å². The minimum atomic E-state index is 0.509. The van der Waals surface area contributed by atoms with Crippen molar-refractivity contribution in [2.24, 2.45) is 11.7 Å². The molecule has 0 amide bonds. The van der Waals surface area contributed by atoms with Gasteiger partial charge in [0.2, 0.25) is 17.8 Å². The number of aromatic nitrogens is 3. The largest absolute Gasteiger partial charge is 0.378 e. The number of ether oxygens (including phenoxy) is 2. The van der Waals surface area contributed by atoms with E-state index >= 15 is 0 Å². The first-order chi connectivity index (χ1) is 18.6. The quantitative estimate of drug-likeness (QED) is 0.173. The highest BCUT2D eigenvalue weighted by molar-refractivity contribution is 5.43. The monoisotopic (exact) mass is 521 g/mol. The predicted octanol–water partition coefficient (Wildman–Crippen LogP) is 4.13. The maximum absolute atomic E-state index is 5.60. The molecule has 206 valence electrons. The number of nitrogens with zero attached hydrogens (tertiary/aromatic N) is 3. The third-order valence-electron chi connectivity index (χ3n) is 5.89. The number of nitrogens with two attached hydrogens (primary N) is 1. The molecule has 0 saturated heterocycles. The molecule has 0 aliphatic rings. The Balaban J connectivity index is 1.58. The van der Waals surface area contributed by atoms with E-state index < -0.39 is 0 Å². The van der Waals surface area contributed by atoms with Crippen molar-refractivity contribution in [1.82, 2.24) is 15.0 Å². The van der Waals surface area contributed by atoms with Crippen LogP contribution < -0.4 is 21.7 Å². The van der Waals surface area contributed by atoms with Crippen LogP contribution in [0.2, 0.25) is 0 Å². The zero-order valence-corrected chi connectivity index (χ0v) is 22.8. The van der Waals surface area contributed by atoms with E-state index in [1.165, 1.54) is 16.7 Å². The molecule has 0 bridgehead atoms. The number of anilines is 3. The Morgan fingerprint density at radius 1 is 0.684 bits per heavy atom. The topological polar surface area (TPSA) is 119 Å². The molecule has 1 heterocycles. The summed E-state index contributed by atoms with van der Waals surface area (Å²) in [5.74, 6) is 2.19. The Morgan fingerprint density at radius 2 is 1.29 bits per heavy atom. The van der Waals surface area contributed by atoms with Crippen molar-refractivity contribution in [3.8, 4) is 0 Å². The molecule has 0 atom stereocenters. The first-order valence-electron chi connectivity index (χ1n) is 13.6. The van der Waals surface area contributed by atoms with Gasteiger partial charge in [0, 0.05) is 26.2 Å². The van der Waals surface area contributed by atoms with Crippen molar-refractivity contribution in [2.45, 2.75) is 39.7 Å². The van der Waals surface area contributed by atoms with E-state index in [1.54, 1.807) is 0 Å². The van der Waals surface area contributed by atoms with Gasteiger partial charge in [0.25, 0.3) is 0 Å². The van der Waals surface area contributed by atoms with Crippen molar-refractivity contribution in [3.05, 3.63) is 71.3 Å². The van der Waals surface area contributed by atoms with Crippen molar-refractivity contribution >= 4 is 17.8 Å². The van der Waals surface area contributed by atoms with Crippen LogP contribution in [0.5, 0.6) is 0 Å². The van der Waals surface area contributed by atoms with Crippen LogP contribution >= 0.6 is 0 Å². The lowest BCUT2D eigenvalue weighted by atomic mass is 10.00. The number of aryl methyl sites for hydroxylation is 2. The molecule has 5 N–H and O–H groups in total. The van der Waals surface area contributed by atoms with Crippen LogP contribution in [0.25, 0.3) is 0 Å². The van der Waals surface area contributed by atoms with Crippen molar-refractivity contribution in [1.29, 1.82) is 0 Å². The zero-order chi connectivity index (χ0) is 26.8. The normalized spacial score (nSPS) is 11.1. The van der Waals surface area contributed by atoms with E-state index in [4.69, 9.17) is 15.2 Å². The lowest BCUT2D eigenvalue weighted by Gasteiger charge is -2.14. The molecule has 9 nitrogen and oxygen atoms in total. The van der Waals surface area contributed by atoms with Gasteiger partial charge in [-0.05, 0) is 41.9 Å². The summed E-state index contributed by atoms with van der Waals surface area (Å²) in [6.45, 7) is 9.05. The standard InChI is InChI=1S/C29H43N7O2/c1-23(2)14-16-31-27-34-28(32-17-19-38-21-20-37-18-15-30)36-29(35-27)33-22-26-11-7-6-10-25(26)13-12-24-8-4-3-5-9-24/h3-11,23H,12-22,30H2,1-2H3,(H3,31,32,33,34,35,36). The summed E-state index contributed by atoms with van der Waals surface area (Å²) in [5.41, 5.74) is 9.31. The van der Waals surface area contributed by atoms with Crippen LogP contribution in [-0.2, 0) is 28.9 Å². The maximum Gasteiger partial charge on any atom is 0.229 e. The molecule has 1 aromatic heterocycles. The lowest BCUT2D eigenvalue weighted by molar-refractivity contribution is 0.0547. The Bertz CT molecular complexity index is 1050. The number of nitrogens with one attached hydrogen (secondary N) is 3. The van der Waals surface area contributed by atoms with Gasteiger partial charge in [-0.2, -0.15) is 15.0 Å². The van der Waals surface area contributed by atoms with Gasteiger partial charge >= 0.3 is 0 Å². The van der Waals surface area contributed by atoms with Crippen LogP contribution in [0, 0.1) is 5.92 Å². The van der Waals surface area contributed by atoms with Gasteiger partial charge in [-0.15, -0.1) is 0 Å². The molecule has 0 spiro atoms. The van der Waals surface area contributed by atoms with E-state index in [0.29, 0.717) is 69.8 Å². The summed E-state index contributed by atoms with van der Waals surface area (Å²) in [4.78, 5) is 13.8. The van der Waals surface area contributed by atoms with Crippen LogP contribution in [0.4, 0.5) is 17.8 Å². The van der Waals surface area contributed by atoms with Gasteiger partial charge in [0.05, 0.1) is 26.4 Å². The third kappa shape index (κ3) is 11.4. The fourth-order valence-electron chi connectivity index (χ4n) is 3.80. The summed E-state index contributed by atoms with van der Waals surface area (Å²) in [7, 11) is 0. The number of benzene rings is 2. The fourth-order valence-corrected chi connectivity index (χ4v) is 3.80. The molecule has 0 aliphatic carbocycles. The van der Waals surface area contributed by atoms with Crippen LogP contribution in [0.3, 0.4) is 0 Å². The molecular weight excluding hydrogens is 478 g/mol. The SMILES string of the molecule is CC(C)CCNc1nc(NCCOCCOCCN)nc(NCc2ccccc2CCc2ccccc2)n1. The molecule has 3 aromatic rings. The van der Waals surface area contributed by atoms with E-state index in [1.807, 2.05) is 0 Å². The Kier molecular flexibility index (Phi) is 13.3. The Hall–Kier alpha value is -3.27. The summed E-state index contributed by atoms with van der Waals surface area (Å²) < 4.78 is 10.9. The molecule has 0 aliphatic heterocycles. The summed E-state index contributed by atoms with van der Waals surface area (Å²) >= 11 is 0. The molecule has 0 radical (unpaired) electrons. The van der Waals surface area contributed by atoms with Gasteiger partial charge in [-0.1, -0.05) is 68.4 Å². The highest BCUT2D eigenvalue weighted by atomic mass is 16.5. The summed E-state index contributed by atoms with van der Waals surface area (Å²) in [5, 5.41) is 9.99. The molecular formula is C29H43N7O2. The predicted molar refractivity (Wildman–Crippen MR) is 155 cm³/mol. The van der Waals surface area contributed by atoms with Crippen molar-refractivity contribution in [3.63, 3.8) is 0 Å². The Morgan fingerprint density at radius 3 is 1.97 bits per heavy atom. The molecule has 0 unspecified atom stereocenters. The van der Waals surface area contributed by atoms with Crippen LogP contribution in [0.15, 0.2) is 54.6 Å². The number of hydrogen-bond acceptors (Lipinski definition) is 9. The average Bonchev–Trinajstić information content (AvgIpc) is 2.93. The highest BCUT2D eigenvalue weighted by Crippen LogP contribution is 2.16. The van der Waals surface area contributed by atoms with E-state index in [-0.39, 0.29) is 0 Å². The molecule has 9 heteroatoms. The van der Waals surface area contributed by atoms with Crippen LogP contribution in [-0.4, -0.2) is 61.0 Å². The number of hydrogen-bond donors (Lipinski definition) is 4. The Labute approximate surface area is 227 Å². The van der Waals surface area contributed by atoms with Crippen molar-refractivity contribution in [2.75, 3.05) is 62.0 Å². The van der Waals surface area contributed by atoms with Gasteiger partial charge in [-0.25, -0.2) is 0 Å². The van der Waals surface area contributed by atoms with E-state index in [0.717, 1.165) is 25.8 Å². The summed E-state index contributed by atoms with van der Waals surface area (Å²) in [6.07, 6.45) is 3.01. The van der Waals surface area contributed by atoms with Gasteiger partial charge in [-0.3, -0.25) is 0 Å². The average molecular weight is 522 g/mol. The van der Waals surface area contributed by atoms with Crippen molar-refractivity contribution < 1.29 is 9.47 Å². The summed E-state index contributed by atoms with van der Waals surface area (Å²) in [6, 6.07) is 19.1. The van der Waals surface area contributed by atoms with Gasteiger partial charge in [0.15, 0.2) is 0 Å². The third-order valence-corrected chi connectivity index (χ3v) is 5.89. The molecule has 2 aromatic carbocycles. The first kappa shape index (κ1) is 29.3. The maximum atomic E-state index is 5.60. The zero-order valence-electron chi connectivity index (χ0n) is 22.8. The molecule has 38 heavy (non-hydrogen) atoms. The second-order valence-electron chi connectivity index (χ2n) is 9.46. The first-order valence-corrected chi connectivity index (χ1v) is 13.6. The lowest BCUT2D eigenvalue weighted by Crippen LogP contribution is -2.17. The van der Waals surface area contributed by atoms with E-state index in [9.17, 15) is 0 Å². The molecule has 0 fully saturated rings. The highest BCUT2D eigenvalue weighted by Gasteiger charge is 2.09. The second kappa shape index (κ2) is 17.3. The molecule has 3 rings (SSSR count). The minimum absolute atomic E-state index is 0.509. The smallest absolute Gasteiger partial charge is 0.229 e. The van der Waals surface area contributed by atoms with E-state index in [2.05, 4.69) is 99.3 Å². The minimum Gasteiger partial charge on any atom is -0.378 e. The second-order valence-corrected chi connectivity index (χ2v) is 9.46. The van der Waals surface area contributed by atoms with Gasteiger partial charge in [0.1, 0.15) is 0 Å². The van der Waals surface area contributed by atoms with Gasteiger partial charge < -0.3 is 31.2 Å². The fraction of sp³-hybridized carbons (Fsp3) is 0.483. The number of rotatable bonds is 19. The molecule has 0 saturated carbocycles.